The fourth-order valence-electron chi connectivity index (χ4n) is 1.48. The Labute approximate surface area is 113 Å². The van der Waals surface area contributed by atoms with Gasteiger partial charge in [0.2, 0.25) is 10.0 Å². The second kappa shape index (κ2) is 6.49. The number of carbonyl (C=O) groups is 1. The minimum absolute atomic E-state index is 0.0724. The van der Waals surface area contributed by atoms with E-state index in [1.807, 2.05) is 0 Å². The van der Waals surface area contributed by atoms with Crippen molar-refractivity contribution in [3.05, 3.63) is 41.5 Å². The Kier molecular flexibility index (Phi) is 5.26. The van der Waals surface area contributed by atoms with Crippen molar-refractivity contribution in [1.29, 1.82) is 0 Å². The Hall–Kier alpha value is -1.66. The zero-order valence-corrected chi connectivity index (χ0v) is 11.7. The van der Waals surface area contributed by atoms with Crippen LogP contribution in [0.1, 0.15) is 18.1 Å². The molecule has 1 rings (SSSR count). The standard InChI is InChI=1S/C13H17NO4S/c1-3-19(17,18)14(2)10-12-6-4-11(5-7-12)8-9-13(15)16/h4-9H,3,10H2,1-2H3,(H,15,16). The van der Waals surface area contributed by atoms with E-state index < -0.39 is 16.0 Å². The second-order valence-electron chi connectivity index (χ2n) is 4.07. The first-order valence-electron chi connectivity index (χ1n) is 5.79. The molecule has 0 saturated heterocycles. The van der Waals surface area contributed by atoms with Gasteiger partial charge in [0, 0.05) is 19.7 Å². The summed E-state index contributed by atoms with van der Waals surface area (Å²) in [4.78, 5) is 10.4. The molecule has 19 heavy (non-hydrogen) atoms. The lowest BCUT2D eigenvalue weighted by atomic mass is 10.1. The Bertz CT molecular complexity index is 561. The van der Waals surface area contributed by atoms with E-state index in [-0.39, 0.29) is 5.75 Å². The van der Waals surface area contributed by atoms with Gasteiger partial charge in [-0.15, -0.1) is 0 Å². The maximum atomic E-state index is 11.6. The molecule has 0 aliphatic carbocycles. The Morgan fingerprint density at radius 2 is 1.89 bits per heavy atom. The number of rotatable bonds is 6. The highest BCUT2D eigenvalue weighted by Crippen LogP contribution is 2.10. The summed E-state index contributed by atoms with van der Waals surface area (Å²) in [6, 6.07) is 7.06. The summed E-state index contributed by atoms with van der Waals surface area (Å²) in [6.07, 6.45) is 2.54. The van der Waals surface area contributed by atoms with Crippen LogP contribution >= 0.6 is 0 Å². The minimum Gasteiger partial charge on any atom is -0.478 e. The molecule has 0 bridgehead atoms. The van der Waals surface area contributed by atoms with Gasteiger partial charge < -0.3 is 5.11 Å². The van der Waals surface area contributed by atoms with Crippen LogP contribution in [0.4, 0.5) is 0 Å². The number of carboxylic acids is 1. The van der Waals surface area contributed by atoms with Crippen LogP contribution in [-0.2, 0) is 21.4 Å². The summed E-state index contributed by atoms with van der Waals surface area (Å²) in [5, 5.41) is 8.50. The maximum absolute atomic E-state index is 11.6. The van der Waals surface area contributed by atoms with Crippen LogP contribution in [0.25, 0.3) is 6.08 Å². The quantitative estimate of drug-likeness (QED) is 0.804. The normalized spacial score (nSPS) is 12.2. The van der Waals surface area contributed by atoms with Crippen LogP contribution in [0.2, 0.25) is 0 Å². The molecule has 5 nitrogen and oxygen atoms in total. The van der Waals surface area contributed by atoms with Crippen molar-refractivity contribution >= 4 is 22.1 Å². The Morgan fingerprint density at radius 3 is 2.37 bits per heavy atom. The van der Waals surface area contributed by atoms with Gasteiger partial charge in [0.15, 0.2) is 0 Å². The topological polar surface area (TPSA) is 74.7 Å². The fraction of sp³-hybridized carbons (Fsp3) is 0.308. The summed E-state index contributed by atoms with van der Waals surface area (Å²) in [7, 11) is -1.65. The second-order valence-corrected chi connectivity index (χ2v) is 6.43. The molecule has 6 heteroatoms. The molecule has 1 aromatic carbocycles. The molecule has 0 amide bonds. The molecule has 1 N–H and O–H groups in total. The monoisotopic (exact) mass is 283 g/mol. The Morgan fingerprint density at radius 1 is 1.32 bits per heavy atom. The van der Waals surface area contributed by atoms with Crippen molar-refractivity contribution in [2.45, 2.75) is 13.5 Å². The van der Waals surface area contributed by atoms with E-state index in [0.717, 1.165) is 17.2 Å². The van der Waals surface area contributed by atoms with Gasteiger partial charge >= 0.3 is 5.97 Å². The third-order valence-electron chi connectivity index (χ3n) is 2.64. The van der Waals surface area contributed by atoms with E-state index in [9.17, 15) is 13.2 Å². The van der Waals surface area contributed by atoms with E-state index >= 15 is 0 Å². The molecule has 104 valence electrons. The molecule has 0 fully saturated rings. The predicted octanol–water partition coefficient (Wildman–Crippen LogP) is 1.57. The molecule has 0 aromatic heterocycles. The van der Waals surface area contributed by atoms with Crippen LogP contribution in [0.15, 0.2) is 30.3 Å². The first-order chi connectivity index (χ1) is 8.85. The van der Waals surface area contributed by atoms with Gasteiger partial charge in [-0.3, -0.25) is 0 Å². The van der Waals surface area contributed by atoms with Crippen LogP contribution in [0.3, 0.4) is 0 Å². The fourth-order valence-corrected chi connectivity index (χ4v) is 2.26. The lowest BCUT2D eigenvalue weighted by molar-refractivity contribution is -0.131. The highest BCUT2D eigenvalue weighted by molar-refractivity contribution is 7.89. The van der Waals surface area contributed by atoms with Crippen molar-refractivity contribution in [3.63, 3.8) is 0 Å². The number of hydrogen-bond donors (Lipinski definition) is 1. The van der Waals surface area contributed by atoms with Crippen molar-refractivity contribution < 1.29 is 18.3 Å². The molecule has 0 unspecified atom stereocenters. The minimum atomic E-state index is -3.19. The van der Waals surface area contributed by atoms with Gasteiger partial charge in [-0.05, 0) is 24.1 Å². The third kappa shape index (κ3) is 4.84. The summed E-state index contributed by atoms with van der Waals surface area (Å²) in [5.41, 5.74) is 1.61. The molecule has 0 aliphatic rings. The lowest BCUT2D eigenvalue weighted by Gasteiger charge is -2.15. The van der Waals surface area contributed by atoms with Gasteiger partial charge in [0.05, 0.1) is 5.75 Å². The first-order valence-corrected chi connectivity index (χ1v) is 7.40. The zero-order chi connectivity index (χ0) is 14.5. The van der Waals surface area contributed by atoms with Crippen LogP contribution in [0.5, 0.6) is 0 Å². The van der Waals surface area contributed by atoms with E-state index in [0.29, 0.717) is 6.54 Å². The average molecular weight is 283 g/mol. The molecule has 0 heterocycles. The molecular weight excluding hydrogens is 266 g/mol. The van der Waals surface area contributed by atoms with Crippen molar-refractivity contribution in [3.8, 4) is 0 Å². The van der Waals surface area contributed by atoms with Crippen molar-refractivity contribution in [2.24, 2.45) is 0 Å². The van der Waals surface area contributed by atoms with E-state index in [1.165, 1.54) is 17.4 Å². The van der Waals surface area contributed by atoms with Gasteiger partial charge in [-0.1, -0.05) is 24.3 Å². The maximum Gasteiger partial charge on any atom is 0.328 e. The van der Waals surface area contributed by atoms with Crippen LogP contribution < -0.4 is 0 Å². The van der Waals surface area contributed by atoms with Gasteiger partial charge in [0.1, 0.15) is 0 Å². The van der Waals surface area contributed by atoms with Gasteiger partial charge in [0.25, 0.3) is 0 Å². The summed E-state index contributed by atoms with van der Waals surface area (Å²) < 4.78 is 24.5. The van der Waals surface area contributed by atoms with Crippen LogP contribution in [0, 0.1) is 0 Å². The number of nitrogens with zero attached hydrogens (tertiary/aromatic N) is 1. The molecule has 0 aliphatic heterocycles. The van der Waals surface area contributed by atoms with E-state index in [2.05, 4.69) is 0 Å². The van der Waals surface area contributed by atoms with Crippen molar-refractivity contribution in [2.75, 3.05) is 12.8 Å². The number of benzene rings is 1. The molecule has 1 aromatic rings. The zero-order valence-electron chi connectivity index (χ0n) is 10.9. The number of hydrogen-bond acceptors (Lipinski definition) is 3. The Balaban J connectivity index is 2.75. The molecule has 0 atom stereocenters. The predicted molar refractivity (Wildman–Crippen MR) is 74.0 cm³/mol. The average Bonchev–Trinajstić information content (AvgIpc) is 2.37. The summed E-state index contributed by atoms with van der Waals surface area (Å²) in [6.45, 7) is 1.91. The van der Waals surface area contributed by atoms with Crippen molar-refractivity contribution in [1.82, 2.24) is 4.31 Å². The number of carboxylic acid groups (broad SMARTS) is 1. The smallest absolute Gasteiger partial charge is 0.328 e. The molecule has 0 saturated carbocycles. The van der Waals surface area contributed by atoms with Gasteiger partial charge in [-0.25, -0.2) is 17.5 Å². The molecule has 0 spiro atoms. The molecular formula is C13H17NO4S. The lowest BCUT2D eigenvalue weighted by Crippen LogP contribution is -2.27. The van der Waals surface area contributed by atoms with E-state index in [1.54, 1.807) is 31.2 Å². The van der Waals surface area contributed by atoms with Gasteiger partial charge in [-0.2, -0.15) is 0 Å². The molecule has 0 radical (unpaired) electrons. The highest BCUT2D eigenvalue weighted by Gasteiger charge is 2.14. The van der Waals surface area contributed by atoms with Crippen LogP contribution in [-0.4, -0.2) is 36.6 Å². The number of sulfonamides is 1. The van der Waals surface area contributed by atoms with E-state index in [4.69, 9.17) is 5.11 Å². The summed E-state index contributed by atoms with van der Waals surface area (Å²) in [5.74, 6) is -0.930. The summed E-state index contributed by atoms with van der Waals surface area (Å²) >= 11 is 0. The number of aliphatic carboxylic acids is 1. The highest BCUT2D eigenvalue weighted by atomic mass is 32.2. The largest absolute Gasteiger partial charge is 0.478 e. The third-order valence-corrected chi connectivity index (χ3v) is 4.45. The SMILES string of the molecule is CCS(=O)(=O)N(C)Cc1ccc(C=CC(=O)O)cc1. The first kappa shape index (κ1) is 15.4.